The quantitative estimate of drug-likeness (QED) is 0.893. The molecule has 0 aliphatic heterocycles. The average molecular weight is 242 g/mol. The van der Waals surface area contributed by atoms with Crippen LogP contribution in [0.3, 0.4) is 0 Å². The van der Waals surface area contributed by atoms with Gasteiger partial charge < -0.3 is 5.32 Å². The smallest absolute Gasteiger partial charge is 0.100 e. The molecular weight excluding hydrogens is 228 g/mol. The van der Waals surface area contributed by atoms with Crippen molar-refractivity contribution in [3.63, 3.8) is 0 Å². The van der Waals surface area contributed by atoms with Gasteiger partial charge in [-0.15, -0.1) is 11.3 Å². The topological polar surface area (TPSA) is 35.8 Å². The Labute approximate surface area is 106 Å². The number of hydrogen-bond acceptors (Lipinski definition) is 3. The first-order chi connectivity index (χ1) is 8.28. The van der Waals surface area contributed by atoms with Crippen LogP contribution in [-0.2, 0) is 13.1 Å². The normalized spacial score (nSPS) is 10.1. The summed E-state index contributed by atoms with van der Waals surface area (Å²) in [6.07, 6.45) is 0. The van der Waals surface area contributed by atoms with E-state index in [-0.39, 0.29) is 0 Å². The molecule has 0 fully saturated rings. The Hall–Kier alpha value is -1.63. The summed E-state index contributed by atoms with van der Waals surface area (Å²) in [5.74, 6) is 0. The first kappa shape index (κ1) is 11.8. The molecule has 0 aliphatic rings. The van der Waals surface area contributed by atoms with E-state index in [0.717, 1.165) is 18.7 Å². The molecule has 86 valence electrons. The van der Waals surface area contributed by atoms with Crippen LogP contribution < -0.4 is 5.32 Å². The molecule has 0 saturated heterocycles. The molecule has 2 nitrogen and oxygen atoms in total. The fourth-order valence-electron chi connectivity index (χ4n) is 1.57. The summed E-state index contributed by atoms with van der Waals surface area (Å²) in [6, 6.07) is 12.6. The molecule has 0 saturated carbocycles. The van der Waals surface area contributed by atoms with Crippen LogP contribution >= 0.6 is 11.3 Å². The third-order valence-electron chi connectivity index (χ3n) is 2.53. The van der Waals surface area contributed by atoms with Crippen LogP contribution in [-0.4, -0.2) is 0 Å². The van der Waals surface area contributed by atoms with E-state index in [0.29, 0.717) is 0 Å². The maximum Gasteiger partial charge on any atom is 0.100 e. The number of hydrogen-bond donors (Lipinski definition) is 1. The average Bonchev–Trinajstić information content (AvgIpc) is 2.80. The zero-order valence-electron chi connectivity index (χ0n) is 9.73. The van der Waals surface area contributed by atoms with Crippen molar-refractivity contribution in [1.29, 1.82) is 5.26 Å². The van der Waals surface area contributed by atoms with E-state index in [2.05, 4.69) is 42.6 Å². The molecule has 3 heteroatoms. The highest BCUT2D eigenvalue weighted by Crippen LogP contribution is 2.13. The fourth-order valence-corrected chi connectivity index (χ4v) is 2.35. The van der Waals surface area contributed by atoms with Crippen LogP contribution in [0.2, 0.25) is 0 Å². The van der Waals surface area contributed by atoms with E-state index in [9.17, 15) is 0 Å². The highest BCUT2D eigenvalue weighted by molar-refractivity contribution is 7.10. The molecule has 0 bridgehead atoms. The molecule has 0 aliphatic carbocycles. The van der Waals surface area contributed by atoms with Gasteiger partial charge in [0.25, 0.3) is 0 Å². The van der Waals surface area contributed by atoms with Gasteiger partial charge in [-0.1, -0.05) is 29.8 Å². The maximum absolute atomic E-state index is 8.72. The van der Waals surface area contributed by atoms with E-state index in [1.807, 2.05) is 11.4 Å². The van der Waals surface area contributed by atoms with Crippen LogP contribution in [0.1, 0.15) is 21.6 Å². The summed E-state index contributed by atoms with van der Waals surface area (Å²) >= 11 is 1.63. The molecule has 0 amide bonds. The summed E-state index contributed by atoms with van der Waals surface area (Å²) in [5.41, 5.74) is 3.32. The maximum atomic E-state index is 8.72. The standard InChI is InChI=1S/C14H14N2S/c1-11-2-4-12(5-3-11)8-16-9-14-6-13(7-15)10-17-14/h2-6,10,16H,8-9H2,1H3. The molecule has 0 atom stereocenters. The predicted molar refractivity (Wildman–Crippen MR) is 70.8 cm³/mol. The molecule has 0 spiro atoms. The van der Waals surface area contributed by atoms with Crippen molar-refractivity contribution >= 4 is 11.3 Å². The largest absolute Gasteiger partial charge is 0.308 e. The molecule has 0 radical (unpaired) electrons. The number of rotatable bonds is 4. The fraction of sp³-hybridized carbons (Fsp3) is 0.214. The first-order valence-corrected chi connectivity index (χ1v) is 6.39. The second-order valence-corrected chi connectivity index (χ2v) is 5.00. The summed E-state index contributed by atoms with van der Waals surface area (Å²) in [4.78, 5) is 1.20. The third kappa shape index (κ3) is 3.42. The molecule has 1 heterocycles. The number of nitrogens with one attached hydrogen (secondary N) is 1. The summed E-state index contributed by atoms with van der Waals surface area (Å²) in [6.45, 7) is 3.77. The van der Waals surface area contributed by atoms with E-state index >= 15 is 0 Å². The highest BCUT2D eigenvalue weighted by Gasteiger charge is 1.98. The van der Waals surface area contributed by atoms with Crippen LogP contribution in [0.15, 0.2) is 35.7 Å². The summed E-state index contributed by atoms with van der Waals surface area (Å²) in [5, 5.41) is 14.0. The van der Waals surface area contributed by atoms with Crippen molar-refractivity contribution in [2.75, 3.05) is 0 Å². The van der Waals surface area contributed by atoms with Crippen LogP contribution in [0, 0.1) is 18.3 Å². The lowest BCUT2D eigenvalue weighted by Gasteiger charge is -2.03. The first-order valence-electron chi connectivity index (χ1n) is 5.52. The lowest BCUT2D eigenvalue weighted by molar-refractivity contribution is 0.701. The Balaban J connectivity index is 1.83. The molecule has 1 aromatic heterocycles. The van der Waals surface area contributed by atoms with E-state index in [1.54, 1.807) is 11.3 Å². The number of nitriles is 1. The van der Waals surface area contributed by atoms with E-state index in [4.69, 9.17) is 5.26 Å². The van der Waals surface area contributed by atoms with Crippen molar-refractivity contribution in [2.45, 2.75) is 20.0 Å². The van der Waals surface area contributed by atoms with E-state index in [1.165, 1.54) is 16.0 Å². The Morgan fingerprint density at radius 3 is 2.65 bits per heavy atom. The van der Waals surface area contributed by atoms with Crippen molar-refractivity contribution < 1.29 is 0 Å². The highest BCUT2D eigenvalue weighted by atomic mass is 32.1. The minimum absolute atomic E-state index is 0.752. The van der Waals surface area contributed by atoms with Crippen LogP contribution in [0.25, 0.3) is 0 Å². The Kier molecular flexibility index (Phi) is 3.92. The summed E-state index contributed by atoms with van der Waals surface area (Å²) in [7, 11) is 0. The van der Waals surface area contributed by atoms with Gasteiger partial charge in [-0.25, -0.2) is 0 Å². The van der Waals surface area contributed by atoms with Crippen LogP contribution in [0.5, 0.6) is 0 Å². The monoisotopic (exact) mass is 242 g/mol. The zero-order valence-corrected chi connectivity index (χ0v) is 10.6. The minimum Gasteiger partial charge on any atom is -0.308 e. The molecule has 1 aromatic carbocycles. The number of aryl methyl sites for hydroxylation is 1. The number of thiophene rings is 1. The van der Waals surface area contributed by atoms with Gasteiger partial charge in [0.05, 0.1) is 5.56 Å². The third-order valence-corrected chi connectivity index (χ3v) is 3.47. The zero-order chi connectivity index (χ0) is 12.1. The molecular formula is C14H14N2S. The van der Waals surface area contributed by atoms with Gasteiger partial charge in [0.1, 0.15) is 6.07 Å². The Morgan fingerprint density at radius 1 is 1.24 bits per heavy atom. The second kappa shape index (κ2) is 5.62. The molecule has 2 aromatic rings. The van der Waals surface area contributed by atoms with Gasteiger partial charge in [0.2, 0.25) is 0 Å². The van der Waals surface area contributed by atoms with Crippen LogP contribution in [0.4, 0.5) is 0 Å². The van der Waals surface area contributed by atoms with Gasteiger partial charge in [0.15, 0.2) is 0 Å². The Bertz CT molecular complexity index is 520. The predicted octanol–water partition coefficient (Wildman–Crippen LogP) is 3.22. The lowest BCUT2D eigenvalue weighted by atomic mass is 10.1. The molecule has 17 heavy (non-hydrogen) atoms. The minimum atomic E-state index is 0.752. The Morgan fingerprint density at radius 2 is 2.00 bits per heavy atom. The van der Waals surface area contributed by atoms with Gasteiger partial charge in [-0.2, -0.15) is 5.26 Å². The molecule has 2 rings (SSSR count). The second-order valence-electron chi connectivity index (χ2n) is 4.00. The number of benzene rings is 1. The molecule has 0 unspecified atom stereocenters. The SMILES string of the molecule is Cc1ccc(CNCc2cc(C#N)cs2)cc1. The van der Waals surface area contributed by atoms with E-state index < -0.39 is 0 Å². The van der Waals surface area contributed by atoms with Crippen molar-refractivity contribution in [2.24, 2.45) is 0 Å². The van der Waals surface area contributed by atoms with Gasteiger partial charge >= 0.3 is 0 Å². The van der Waals surface area contributed by atoms with Crippen molar-refractivity contribution in [3.8, 4) is 6.07 Å². The van der Waals surface area contributed by atoms with Gasteiger partial charge in [-0.05, 0) is 18.6 Å². The lowest BCUT2D eigenvalue weighted by Crippen LogP contribution is -2.11. The molecule has 1 N–H and O–H groups in total. The van der Waals surface area contributed by atoms with Crippen molar-refractivity contribution in [1.82, 2.24) is 5.32 Å². The summed E-state index contributed by atoms with van der Waals surface area (Å²) < 4.78 is 0. The van der Waals surface area contributed by atoms with Gasteiger partial charge in [-0.3, -0.25) is 0 Å². The van der Waals surface area contributed by atoms with Gasteiger partial charge in [0, 0.05) is 23.3 Å². The van der Waals surface area contributed by atoms with Crippen molar-refractivity contribution in [3.05, 3.63) is 57.3 Å². The number of nitrogens with zero attached hydrogens (tertiary/aromatic N) is 1.